The molecular formula is C17H18ClFN6O2. The molecule has 2 N–H and O–H groups in total. The Morgan fingerprint density at radius 1 is 1.41 bits per heavy atom. The van der Waals surface area contributed by atoms with Gasteiger partial charge in [-0.2, -0.15) is 9.37 Å². The maximum atomic E-state index is 13.2. The molecule has 0 radical (unpaired) electrons. The van der Waals surface area contributed by atoms with Crippen LogP contribution >= 0.6 is 11.6 Å². The fourth-order valence-corrected chi connectivity index (χ4v) is 2.95. The molecule has 1 aromatic carbocycles. The number of hydrogen-bond donors (Lipinski definition) is 2. The molecule has 27 heavy (non-hydrogen) atoms. The van der Waals surface area contributed by atoms with Crippen molar-refractivity contribution in [3.63, 3.8) is 0 Å². The van der Waals surface area contributed by atoms with Crippen LogP contribution in [0, 0.1) is 6.08 Å². The van der Waals surface area contributed by atoms with Crippen molar-refractivity contribution < 1.29 is 14.0 Å². The first kappa shape index (κ1) is 18.8. The third-order valence-electron chi connectivity index (χ3n) is 4.22. The minimum absolute atomic E-state index is 0.132. The summed E-state index contributed by atoms with van der Waals surface area (Å²) in [4.78, 5) is 34.1. The minimum Gasteiger partial charge on any atom is -0.359 e. The van der Waals surface area contributed by atoms with Gasteiger partial charge in [-0.1, -0.05) is 11.6 Å². The molecule has 0 aliphatic carbocycles. The minimum atomic E-state index is -0.884. The number of aromatic nitrogens is 2. The lowest BCUT2D eigenvalue weighted by Gasteiger charge is -2.35. The number of carbonyl (C=O) groups is 2. The molecule has 1 aromatic heterocycles. The van der Waals surface area contributed by atoms with E-state index >= 15 is 0 Å². The third kappa shape index (κ3) is 4.08. The Bertz CT molecular complexity index is 894. The number of rotatable bonds is 5. The quantitative estimate of drug-likeness (QED) is 0.763. The summed E-state index contributed by atoms with van der Waals surface area (Å²) >= 11 is 5.99. The van der Waals surface area contributed by atoms with Crippen molar-refractivity contribution in [2.75, 3.05) is 30.9 Å². The Kier molecular flexibility index (Phi) is 5.41. The van der Waals surface area contributed by atoms with Crippen LogP contribution in [0.1, 0.15) is 12.0 Å². The maximum Gasteiger partial charge on any atom is 0.324 e. The highest BCUT2D eigenvalue weighted by atomic mass is 35.5. The van der Waals surface area contributed by atoms with Crippen LogP contribution in [0.5, 0.6) is 0 Å². The van der Waals surface area contributed by atoms with Gasteiger partial charge in [0.15, 0.2) is 5.82 Å². The van der Waals surface area contributed by atoms with Gasteiger partial charge in [0.05, 0.1) is 11.9 Å². The van der Waals surface area contributed by atoms with E-state index in [2.05, 4.69) is 20.6 Å². The Hall–Kier alpha value is -2.94. The molecular weight excluding hydrogens is 375 g/mol. The van der Waals surface area contributed by atoms with Crippen LogP contribution < -0.4 is 15.5 Å². The summed E-state index contributed by atoms with van der Waals surface area (Å²) in [5.74, 6) is 0.0212. The van der Waals surface area contributed by atoms with Gasteiger partial charge in [-0.3, -0.25) is 9.69 Å². The molecule has 1 aliphatic rings. The summed E-state index contributed by atoms with van der Waals surface area (Å²) in [6, 6.07) is 5.20. The average molecular weight is 393 g/mol. The first-order valence-electron chi connectivity index (χ1n) is 8.20. The number of carbonyl (C=O) groups excluding carboxylic acids is 2. The highest BCUT2D eigenvalue weighted by Gasteiger charge is 2.28. The number of anilines is 3. The number of fused-ring (bicyclic) bond motifs is 1. The summed E-state index contributed by atoms with van der Waals surface area (Å²) in [5, 5.41) is 5.68. The summed E-state index contributed by atoms with van der Waals surface area (Å²) in [5.41, 5.74) is 2.29. The Balaban J connectivity index is 1.82. The van der Waals surface area contributed by atoms with Crippen molar-refractivity contribution in [3.8, 4) is 0 Å². The molecule has 0 saturated carbocycles. The first-order chi connectivity index (χ1) is 12.9. The number of hydrogen-bond acceptors (Lipinski definition) is 5. The van der Waals surface area contributed by atoms with E-state index in [1.807, 2.05) is 6.07 Å². The topological polar surface area (TPSA) is 90.5 Å². The first-order valence-corrected chi connectivity index (χ1v) is 8.58. The van der Waals surface area contributed by atoms with E-state index in [4.69, 9.17) is 11.6 Å². The summed E-state index contributed by atoms with van der Waals surface area (Å²) in [6.45, 7) is 0.666. The van der Waals surface area contributed by atoms with E-state index in [0.29, 0.717) is 18.8 Å². The van der Waals surface area contributed by atoms with Gasteiger partial charge in [0.25, 0.3) is 0 Å². The Morgan fingerprint density at radius 3 is 2.93 bits per heavy atom. The number of nitrogens with one attached hydrogen (secondary N) is 2. The zero-order valence-corrected chi connectivity index (χ0v) is 15.5. The molecule has 0 atom stereocenters. The van der Waals surface area contributed by atoms with Crippen LogP contribution in [0.25, 0.3) is 0 Å². The van der Waals surface area contributed by atoms with Gasteiger partial charge in [-0.15, -0.1) is 0 Å². The molecule has 3 rings (SSSR count). The summed E-state index contributed by atoms with van der Waals surface area (Å²) in [6.07, 6.45) is 0.516. The van der Waals surface area contributed by atoms with E-state index in [-0.39, 0.29) is 29.2 Å². The lowest BCUT2D eigenvalue weighted by atomic mass is 10.1. The monoisotopic (exact) mass is 392 g/mol. The molecule has 2 aromatic rings. The number of halogens is 2. The van der Waals surface area contributed by atoms with E-state index in [9.17, 15) is 14.0 Å². The number of amides is 3. The second-order valence-corrected chi connectivity index (χ2v) is 6.40. The van der Waals surface area contributed by atoms with Crippen molar-refractivity contribution in [1.29, 1.82) is 0 Å². The van der Waals surface area contributed by atoms with Crippen molar-refractivity contribution in [1.82, 2.24) is 20.2 Å². The van der Waals surface area contributed by atoms with Crippen LogP contribution in [-0.2, 0) is 11.3 Å². The molecule has 2 heterocycles. The highest BCUT2D eigenvalue weighted by molar-refractivity contribution is 6.32. The zero-order valence-electron chi connectivity index (χ0n) is 14.8. The van der Waals surface area contributed by atoms with Crippen molar-refractivity contribution in [2.45, 2.75) is 13.0 Å². The summed E-state index contributed by atoms with van der Waals surface area (Å²) < 4.78 is 13.2. The van der Waals surface area contributed by atoms with Gasteiger partial charge in [-0.25, -0.2) is 9.78 Å². The lowest BCUT2D eigenvalue weighted by Crippen LogP contribution is -2.46. The fraction of sp³-hybridized carbons (Fsp3) is 0.294. The zero-order chi connectivity index (χ0) is 19.6. The summed E-state index contributed by atoms with van der Waals surface area (Å²) in [7, 11) is 3.23. The Morgan fingerprint density at radius 2 is 2.19 bits per heavy atom. The van der Waals surface area contributed by atoms with E-state index in [1.54, 1.807) is 31.1 Å². The van der Waals surface area contributed by atoms with Gasteiger partial charge in [-0.05, 0) is 23.8 Å². The molecule has 8 nitrogen and oxygen atoms in total. The maximum absolute atomic E-state index is 13.2. The van der Waals surface area contributed by atoms with E-state index < -0.39 is 6.08 Å². The second-order valence-electron chi connectivity index (χ2n) is 5.99. The van der Waals surface area contributed by atoms with Crippen LogP contribution in [-0.4, -0.2) is 47.4 Å². The number of nitrogens with zero attached hydrogens (tertiary/aromatic N) is 4. The molecule has 3 amide bonds. The average Bonchev–Trinajstić information content (AvgIpc) is 2.66. The standard InChI is InChI=1S/C17H18ClFN6O2/c1-20-14(26)5-6-25-9-10-7-11(3-4-13(10)24(2)17(25)27)22-15-12(18)8-21-16(19)23-15/h3-4,7-8H,5-6,9H2,1-2H3,(H,20,26)(H,21,22,23). The molecule has 142 valence electrons. The van der Waals surface area contributed by atoms with Crippen LogP contribution in [0.15, 0.2) is 24.4 Å². The molecule has 0 bridgehead atoms. The van der Waals surface area contributed by atoms with E-state index in [1.165, 1.54) is 11.1 Å². The fourth-order valence-electron chi connectivity index (χ4n) is 2.81. The van der Waals surface area contributed by atoms with Crippen molar-refractivity contribution in [2.24, 2.45) is 0 Å². The predicted octanol–water partition coefficient (Wildman–Crippen LogP) is 2.52. The molecule has 10 heteroatoms. The second kappa shape index (κ2) is 7.75. The third-order valence-corrected chi connectivity index (χ3v) is 4.50. The lowest BCUT2D eigenvalue weighted by molar-refractivity contribution is -0.120. The van der Waals surface area contributed by atoms with Crippen molar-refractivity contribution >= 4 is 40.7 Å². The molecule has 0 saturated heterocycles. The van der Waals surface area contributed by atoms with Crippen molar-refractivity contribution in [3.05, 3.63) is 41.1 Å². The number of benzene rings is 1. The van der Waals surface area contributed by atoms with Crippen LogP contribution in [0.3, 0.4) is 0 Å². The Labute approximate surface area is 160 Å². The largest absolute Gasteiger partial charge is 0.359 e. The van der Waals surface area contributed by atoms with Gasteiger partial charge in [0.1, 0.15) is 5.02 Å². The van der Waals surface area contributed by atoms with Crippen LogP contribution in [0.2, 0.25) is 5.02 Å². The van der Waals surface area contributed by atoms with E-state index in [0.717, 1.165) is 11.3 Å². The van der Waals surface area contributed by atoms with Gasteiger partial charge in [0.2, 0.25) is 5.91 Å². The predicted molar refractivity (Wildman–Crippen MR) is 99.6 cm³/mol. The molecule has 0 fully saturated rings. The van der Waals surface area contributed by atoms with Crippen LogP contribution in [0.4, 0.5) is 26.4 Å². The van der Waals surface area contributed by atoms with Gasteiger partial charge in [0, 0.05) is 39.3 Å². The normalized spacial score (nSPS) is 13.4. The van der Waals surface area contributed by atoms with Gasteiger partial charge < -0.3 is 15.5 Å². The number of urea groups is 1. The van der Waals surface area contributed by atoms with Gasteiger partial charge >= 0.3 is 12.1 Å². The molecule has 0 unspecified atom stereocenters. The SMILES string of the molecule is CNC(=O)CCN1Cc2cc(Nc3nc(F)ncc3Cl)ccc2N(C)C1=O. The highest BCUT2D eigenvalue weighted by Crippen LogP contribution is 2.31. The smallest absolute Gasteiger partial charge is 0.324 e. The molecule has 0 spiro atoms. The molecule has 1 aliphatic heterocycles.